The van der Waals surface area contributed by atoms with Crippen molar-refractivity contribution in [3.8, 4) is 5.75 Å². The van der Waals surface area contributed by atoms with Crippen molar-refractivity contribution < 1.29 is 19.4 Å². The second-order valence-electron chi connectivity index (χ2n) is 9.51. The SMILES string of the molecule is CCOc1cc2c(cc1C(=O)NCC(O)C1Cc3ccccc3CN1)CN(CCc1cccnc1)C2=O. The van der Waals surface area contributed by atoms with Gasteiger partial charge in [-0.2, -0.15) is 0 Å². The number of benzene rings is 2. The third-order valence-corrected chi connectivity index (χ3v) is 7.07. The van der Waals surface area contributed by atoms with E-state index in [1.165, 1.54) is 11.1 Å². The average molecular weight is 501 g/mol. The molecule has 192 valence electrons. The van der Waals surface area contributed by atoms with Crippen LogP contribution in [0, 0.1) is 0 Å². The molecule has 2 aliphatic heterocycles. The Morgan fingerprint density at radius 3 is 2.84 bits per heavy atom. The quantitative estimate of drug-likeness (QED) is 0.417. The van der Waals surface area contributed by atoms with E-state index in [2.05, 4.69) is 27.8 Å². The molecule has 0 bridgehead atoms. The highest BCUT2D eigenvalue weighted by Gasteiger charge is 2.31. The first-order valence-corrected chi connectivity index (χ1v) is 12.8. The molecule has 2 aliphatic rings. The summed E-state index contributed by atoms with van der Waals surface area (Å²) in [5, 5.41) is 17.0. The van der Waals surface area contributed by atoms with Crippen LogP contribution in [0.2, 0.25) is 0 Å². The lowest BCUT2D eigenvalue weighted by molar-refractivity contribution is 0.0779. The van der Waals surface area contributed by atoms with E-state index >= 15 is 0 Å². The molecule has 0 fully saturated rings. The van der Waals surface area contributed by atoms with Gasteiger partial charge in [-0.3, -0.25) is 14.6 Å². The van der Waals surface area contributed by atoms with Crippen LogP contribution in [0.1, 0.15) is 49.9 Å². The summed E-state index contributed by atoms with van der Waals surface area (Å²) in [6.45, 7) is 4.01. The van der Waals surface area contributed by atoms with Gasteiger partial charge in [0.05, 0.1) is 18.3 Å². The normalized spacial score (nSPS) is 17.2. The van der Waals surface area contributed by atoms with Crippen LogP contribution in [0.25, 0.3) is 0 Å². The first-order chi connectivity index (χ1) is 18.0. The number of aliphatic hydroxyl groups is 1. The number of nitrogens with zero attached hydrogens (tertiary/aromatic N) is 2. The fourth-order valence-corrected chi connectivity index (χ4v) is 5.03. The van der Waals surface area contributed by atoms with Gasteiger partial charge < -0.3 is 25.4 Å². The van der Waals surface area contributed by atoms with E-state index in [4.69, 9.17) is 4.74 Å². The van der Waals surface area contributed by atoms with Crippen LogP contribution >= 0.6 is 0 Å². The number of aromatic nitrogens is 1. The van der Waals surface area contributed by atoms with Crippen molar-refractivity contribution in [2.45, 2.75) is 45.0 Å². The number of pyridine rings is 1. The highest BCUT2D eigenvalue weighted by Crippen LogP contribution is 2.31. The molecule has 2 amide bonds. The predicted molar refractivity (Wildman–Crippen MR) is 139 cm³/mol. The van der Waals surface area contributed by atoms with Gasteiger partial charge in [0.25, 0.3) is 11.8 Å². The Hall–Kier alpha value is -3.75. The first-order valence-electron chi connectivity index (χ1n) is 12.8. The molecule has 2 atom stereocenters. The number of carbonyl (C=O) groups is 2. The third kappa shape index (κ3) is 5.50. The molecule has 0 spiro atoms. The summed E-state index contributed by atoms with van der Waals surface area (Å²) in [5.41, 5.74) is 5.25. The van der Waals surface area contributed by atoms with E-state index in [-0.39, 0.29) is 24.4 Å². The number of hydrogen-bond donors (Lipinski definition) is 3. The lowest BCUT2D eigenvalue weighted by Crippen LogP contribution is -2.49. The van der Waals surface area contributed by atoms with Gasteiger partial charge in [-0.15, -0.1) is 0 Å². The molecule has 8 nitrogen and oxygen atoms in total. The maximum Gasteiger partial charge on any atom is 0.255 e. The van der Waals surface area contributed by atoms with Gasteiger partial charge in [-0.1, -0.05) is 30.3 Å². The van der Waals surface area contributed by atoms with E-state index in [0.717, 1.165) is 11.1 Å². The second-order valence-corrected chi connectivity index (χ2v) is 9.51. The van der Waals surface area contributed by atoms with Gasteiger partial charge in [0.1, 0.15) is 5.75 Å². The molecule has 8 heteroatoms. The largest absolute Gasteiger partial charge is 0.493 e. The Morgan fingerprint density at radius 2 is 2.05 bits per heavy atom. The Balaban J connectivity index is 1.24. The lowest BCUT2D eigenvalue weighted by Gasteiger charge is -2.30. The molecule has 0 aliphatic carbocycles. The molecule has 2 aromatic carbocycles. The van der Waals surface area contributed by atoms with Gasteiger partial charge in [-0.05, 0) is 60.2 Å². The van der Waals surface area contributed by atoms with E-state index in [0.29, 0.717) is 56.0 Å². The second kappa shape index (κ2) is 11.1. The minimum absolute atomic E-state index is 0.0640. The van der Waals surface area contributed by atoms with Crippen molar-refractivity contribution in [2.24, 2.45) is 0 Å². The molecule has 3 N–H and O–H groups in total. The Bertz CT molecular complexity index is 1280. The van der Waals surface area contributed by atoms with Crippen LogP contribution in [0.5, 0.6) is 5.75 Å². The van der Waals surface area contributed by atoms with E-state index < -0.39 is 6.10 Å². The number of fused-ring (bicyclic) bond motifs is 2. The molecule has 37 heavy (non-hydrogen) atoms. The zero-order chi connectivity index (χ0) is 25.8. The summed E-state index contributed by atoms with van der Waals surface area (Å²) in [6.07, 6.45) is 4.20. The summed E-state index contributed by atoms with van der Waals surface area (Å²) < 4.78 is 5.74. The van der Waals surface area contributed by atoms with Gasteiger partial charge >= 0.3 is 0 Å². The van der Waals surface area contributed by atoms with Crippen molar-refractivity contribution in [2.75, 3.05) is 19.7 Å². The van der Waals surface area contributed by atoms with Crippen molar-refractivity contribution in [3.63, 3.8) is 0 Å². The summed E-state index contributed by atoms with van der Waals surface area (Å²) in [7, 11) is 0. The fraction of sp³-hybridized carbons (Fsp3) is 0.345. The molecule has 0 saturated heterocycles. The van der Waals surface area contributed by atoms with Crippen molar-refractivity contribution >= 4 is 11.8 Å². The van der Waals surface area contributed by atoms with Crippen LogP contribution in [0.4, 0.5) is 0 Å². The van der Waals surface area contributed by atoms with Crippen LogP contribution in [0.3, 0.4) is 0 Å². The topological polar surface area (TPSA) is 104 Å². The molecule has 3 heterocycles. The molecule has 5 rings (SSSR count). The smallest absolute Gasteiger partial charge is 0.255 e. The van der Waals surface area contributed by atoms with Gasteiger partial charge in [-0.25, -0.2) is 0 Å². The third-order valence-electron chi connectivity index (χ3n) is 7.07. The Morgan fingerprint density at radius 1 is 1.22 bits per heavy atom. The number of amides is 2. The number of hydrogen-bond acceptors (Lipinski definition) is 6. The molecule has 0 saturated carbocycles. The van der Waals surface area contributed by atoms with Gasteiger partial charge in [0.15, 0.2) is 0 Å². The molecule has 2 unspecified atom stereocenters. The summed E-state index contributed by atoms with van der Waals surface area (Å²) >= 11 is 0. The van der Waals surface area contributed by atoms with E-state index in [1.807, 2.05) is 31.2 Å². The monoisotopic (exact) mass is 500 g/mol. The highest BCUT2D eigenvalue weighted by molar-refractivity contribution is 6.03. The van der Waals surface area contributed by atoms with Crippen LogP contribution in [-0.4, -0.2) is 58.6 Å². The summed E-state index contributed by atoms with van der Waals surface area (Å²) in [4.78, 5) is 32.1. The van der Waals surface area contributed by atoms with Crippen molar-refractivity contribution in [1.29, 1.82) is 0 Å². The lowest BCUT2D eigenvalue weighted by atomic mass is 9.93. The zero-order valence-electron chi connectivity index (χ0n) is 20.9. The molecule has 3 aromatic rings. The molecule has 1 aromatic heterocycles. The number of ether oxygens (including phenoxy) is 1. The maximum atomic E-state index is 13.2. The fourth-order valence-electron chi connectivity index (χ4n) is 5.03. The van der Waals surface area contributed by atoms with Gasteiger partial charge in [0.2, 0.25) is 0 Å². The summed E-state index contributed by atoms with van der Waals surface area (Å²) in [5.74, 6) is -0.0194. The Labute approximate surface area is 216 Å². The average Bonchev–Trinajstić information content (AvgIpc) is 3.24. The standard InChI is InChI=1S/C29H32N4O4/c1-2-37-27-14-23-22(18-33(29(23)36)11-9-19-6-5-10-30-15-19)12-24(27)28(35)32-17-26(34)25-13-20-7-3-4-8-21(20)16-31-25/h3-8,10,12,14-15,25-26,31,34H,2,9,11,13,16-18H2,1H3,(H,32,35). The minimum atomic E-state index is -0.744. The first kappa shape index (κ1) is 24.9. The van der Waals surface area contributed by atoms with Crippen LogP contribution in [-0.2, 0) is 25.9 Å². The zero-order valence-corrected chi connectivity index (χ0v) is 20.9. The number of aliphatic hydroxyl groups excluding tert-OH is 1. The molecular formula is C29H32N4O4. The Kier molecular flexibility index (Phi) is 7.48. The number of nitrogens with one attached hydrogen (secondary N) is 2. The number of rotatable bonds is 9. The van der Waals surface area contributed by atoms with Crippen LogP contribution < -0.4 is 15.4 Å². The number of carbonyl (C=O) groups excluding carboxylic acids is 2. The van der Waals surface area contributed by atoms with Crippen LogP contribution in [0.15, 0.2) is 60.9 Å². The van der Waals surface area contributed by atoms with Crippen molar-refractivity contribution in [1.82, 2.24) is 20.5 Å². The van der Waals surface area contributed by atoms with E-state index in [9.17, 15) is 14.7 Å². The molecule has 0 radical (unpaired) electrons. The van der Waals surface area contributed by atoms with Gasteiger partial charge in [0, 0.05) is 50.2 Å². The van der Waals surface area contributed by atoms with E-state index in [1.54, 1.807) is 29.4 Å². The van der Waals surface area contributed by atoms with Crippen molar-refractivity contribution in [3.05, 3.63) is 94.3 Å². The summed E-state index contributed by atoms with van der Waals surface area (Å²) in [6, 6.07) is 15.3. The maximum absolute atomic E-state index is 13.2. The molecular weight excluding hydrogens is 468 g/mol. The highest BCUT2D eigenvalue weighted by atomic mass is 16.5. The minimum Gasteiger partial charge on any atom is -0.493 e. The predicted octanol–water partition coefficient (Wildman–Crippen LogP) is 2.48.